The van der Waals surface area contributed by atoms with Gasteiger partial charge >= 0.3 is 6.09 Å². The van der Waals surface area contributed by atoms with Gasteiger partial charge < -0.3 is 24.1 Å². The molecule has 0 saturated carbocycles. The van der Waals surface area contributed by atoms with Crippen LogP contribution in [0.1, 0.15) is 102 Å². The van der Waals surface area contributed by atoms with E-state index in [-0.39, 0.29) is 58.0 Å². The number of benzene rings is 1. The van der Waals surface area contributed by atoms with Crippen LogP contribution in [0.3, 0.4) is 0 Å². The maximum Gasteiger partial charge on any atom is 0.404 e. The minimum absolute atomic E-state index is 0.0172. The summed E-state index contributed by atoms with van der Waals surface area (Å²) in [7, 11) is -4.35. The van der Waals surface area contributed by atoms with Crippen molar-refractivity contribution in [2.45, 2.75) is 158 Å². The Hall–Kier alpha value is -2.21. The second-order valence-electron chi connectivity index (χ2n) is 18.1. The summed E-state index contributed by atoms with van der Waals surface area (Å²) in [6.07, 6.45) is 4.45. The SMILES string of the molecule is CC(=C[C@H](C)[C@H](O[Si](C)(C)C(C)(C)C)[C@@H](C)C=C(C=O)OCc1ccccc1)C[C@H](C)[C@@H](O[Si](C)(C)C(C)(C)C)[C@H](C)[C@@H](OC(N)=O)C(C)C. The molecule has 0 aliphatic rings. The fourth-order valence-electron chi connectivity index (χ4n) is 6.09. The predicted molar refractivity (Wildman–Crippen MR) is 214 cm³/mol. The lowest BCUT2D eigenvalue weighted by Crippen LogP contribution is -2.50. The van der Waals surface area contributed by atoms with Crippen LogP contribution < -0.4 is 5.73 Å². The van der Waals surface area contributed by atoms with E-state index < -0.39 is 22.7 Å². The van der Waals surface area contributed by atoms with Crippen LogP contribution >= 0.6 is 0 Å². The van der Waals surface area contributed by atoms with Gasteiger partial charge in [0.15, 0.2) is 28.7 Å². The molecule has 0 spiro atoms. The van der Waals surface area contributed by atoms with E-state index in [1.54, 1.807) is 0 Å². The Bertz CT molecular complexity index is 1260. The monoisotopic (exact) mass is 731 g/mol. The van der Waals surface area contributed by atoms with Gasteiger partial charge in [-0.15, -0.1) is 0 Å². The smallest absolute Gasteiger partial charge is 0.404 e. The lowest BCUT2D eigenvalue weighted by atomic mass is 9.82. The van der Waals surface area contributed by atoms with Gasteiger partial charge in [0, 0.05) is 11.8 Å². The number of carbonyl (C=O) groups excluding carboxylic acids is 2. The summed E-state index contributed by atoms with van der Waals surface area (Å²) in [6.45, 7) is 37.9. The van der Waals surface area contributed by atoms with Crippen LogP contribution in [0, 0.1) is 29.6 Å². The van der Waals surface area contributed by atoms with Crippen LogP contribution in [-0.4, -0.2) is 47.3 Å². The molecule has 9 heteroatoms. The van der Waals surface area contributed by atoms with Crippen LogP contribution in [0.2, 0.25) is 36.3 Å². The molecule has 0 aromatic heterocycles. The quantitative estimate of drug-likeness (QED) is 0.0500. The number of ether oxygens (including phenoxy) is 2. The molecule has 0 heterocycles. The van der Waals surface area contributed by atoms with Gasteiger partial charge in [-0.25, -0.2) is 4.79 Å². The van der Waals surface area contributed by atoms with E-state index >= 15 is 0 Å². The summed E-state index contributed by atoms with van der Waals surface area (Å²) in [5, 5.41) is 0.0362. The van der Waals surface area contributed by atoms with Gasteiger partial charge in [0.25, 0.3) is 0 Å². The average molecular weight is 732 g/mol. The second kappa shape index (κ2) is 19.0. The second-order valence-corrected chi connectivity index (χ2v) is 27.6. The lowest BCUT2D eigenvalue weighted by Gasteiger charge is -2.45. The first kappa shape index (κ1) is 45.8. The fourth-order valence-corrected chi connectivity index (χ4v) is 9.04. The van der Waals surface area contributed by atoms with E-state index in [0.29, 0.717) is 12.4 Å². The molecule has 0 fully saturated rings. The lowest BCUT2D eigenvalue weighted by molar-refractivity contribution is -0.108. The number of allylic oxidation sites excluding steroid dienone is 2. The molecule has 0 unspecified atom stereocenters. The molecule has 7 atom stereocenters. The number of carbonyl (C=O) groups is 2. The zero-order chi connectivity index (χ0) is 38.8. The van der Waals surface area contributed by atoms with Gasteiger partial charge in [-0.3, -0.25) is 4.79 Å². The van der Waals surface area contributed by atoms with E-state index in [4.69, 9.17) is 24.1 Å². The number of aldehydes is 1. The van der Waals surface area contributed by atoms with Crippen LogP contribution in [0.5, 0.6) is 0 Å². The number of amides is 1. The van der Waals surface area contributed by atoms with Gasteiger partial charge in [-0.1, -0.05) is 125 Å². The van der Waals surface area contributed by atoms with Gasteiger partial charge in [0.1, 0.15) is 12.7 Å². The summed E-state index contributed by atoms with van der Waals surface area (Å²) in [4.78, 5) is 24.1. The van der Waals surface area contributed by atoms with Crippen molar-refractivity contribution in [2.75, 3.05) is 0 Å². The fraction of sp³-hybridized carbons (Fsp3) is 0.707. The van der Waals surface area contributed by atoms with Crippen molar-refractivity contribution in [1.29, 1.82) is 0 Å². The van der Waals surface area contributed by atoms with Gasteiger partial charge in [-0.2, -0.15) is 0 Å². The molecule has 0 aliphatic carbocycles. The van der Waals surface area contributed by atoms with Crippen LogP contribution in [0.4, 0.5) is 4.79 Å². The van der Waals surface area contributed by atoms with E-state index in [1.165, 1.54) is 5.57 Å². The molecule has 1 aromatic rings. The molecule has 7 nitrogen and oxygen atoms in total. The number of rotatable bonds is 19. The Morgan fingerprint density at radius 1 is 0.780 bits per heavy atom. The normalized spacial score (nSPS) is 18.1. The maximum atomic E-state index is 12.1. The van der Waals surface area contributed by atoms with Gasteiger partial charge in [-0.05, 0) is 79.0 Å². The standard InChI is InChI=1S/C41H73NO6Si2/c1-28(2)36(46-39(42)44)33(7)38(48-50(16,17)41(11,12)13)31(5)24-29(3)23-30(4)37(47-49(14,15)40(8,9)10)32(6)25-35(26-43)45-27-34-21-19-18-20-22-34/h18-23,25-26,28,30-33,36-38H,24,27H2,1-17H3,(H2,42,44)/t30-,31-,32-,33+,36-,37-,38+/m0/s1. The summed E-state index contributed by atoms with van der Waals surface area (Å²) >= 11 is 0. The van der Waals surface area contributed by atoms with E-state index in [1.807, 2.05) is 36.4 Å². The highest BCUT2D eigenvalue weighted by molar-refractivity contribution is 6.74. The molecule has 2 N–H and O–H groups in total. The average Bonchev–Trinajstić information content (AvgIpc) is 2.97. The van der Waals surface area contributed by atoms with E-state index in [2.05, 4.69) is 122 Å². The molecule has 0 saturated heterocycles. The van der Waals surface area contributed by atoms with Crippen LogP contribution in [0.15, 0.2) is 53.8 Å². The Morgan fingerprint density at radius 3 is 1.70 bits per heavy atom. The number of hydrogen-bond donors (Lipinski definition) is 1. The van der Waals surface area contributed by atoms with E-state index in [0.717, 1.165) is 18.3 Å². The first-order valence-electron chi connectivity index (χ1n) is 18.6. The number of hydrogen-bond acceptors (Lipinski definition) is 6. The van der Waals surface area contributed by atoms with Crippen molar-refractivity contribution in [3.8, 4) is 0 Å². The maximum absolute atomic E-state index is 12.1. The molecule has 286 valence electrons. The van der Waals surface area contributed by atoms with Crippen LogP contribution in [0.25, 0.3) is 0 Å². The first-order valence-corrected chi connectivity index (χ1v) is 24.4. The van der Waals surface area contributed by atoms with Crippen molar-refractivity contribution < 1.29 is 27.9 Å². The van der Waals surface area contributed by atoms with Crippen molar-refractivity contribution in [2.24, 2.45) is 35.3 Å². The van der Waals surface area contributed by atoms with Crippen molar-refractivity contribution >= 4 is 29.0 Å². The Morgan fingerprint density at radius 2 is 1.26 bits per heavy atom. The Kier molecular flexibility index (Phi) is 17.4. The molecule has 50 heavy (non-hydrogen) atoms. The molecule has 1 amide bonds. The van der Waals surface area contributed by atoms with Gasteiger partial charge in [0.05, 0.1) is 12.2 Å². The molecule has 1 rings (SSSR count). The van der Waals surface area contributed by atoms with Crippen molar-refractivity contribution in [3.63, 3.8) is 0 Å². The van der Waals surface area contributed by atoms with Crippen LogP contribution in [-0.2, 0) is 29.7 Å². The first-order chi connectivity index (χ1) is 22.7. The molecular weight excluding hydrogens is 659 g/mol. The molecule has 0 aliphatic heterocycles. The van der Waals surface area contributed by atoms with E-state index in [9.17, 15) is 9.59 Å². The molecular formula is C41H73NO6Si2. The third-order valence-electron chi connectivity index (χ3n) is 11.0. The highest BCUT2D eigenvalue weighted by Crippen LogP contribution is 2.42. The summed E-state index contributed by atoms with van der Waals surface area (Å²) in [5.74, 6) is 0.471. The van der Waals surface area contributed by atoms with Gasteiger partial charge in [0.2, 0.25) is 0 Å². The zero-order valence-electron chi connectivity index (χ0n) is 34.7. The third-order valence-corrected chi connectivity index (χ3v) is 19.9. The Labute approximate surface area is 308 Å². The number of nitrogens with two attached hydrogens (primary N) is 1. The third kappa shape index (κ3) is 14.1. The topological polar surface area (TPSA) is 97.1 Å². The number of primary amides is 1. The minimum atomic E-state index is -2.18. The summed E-state index contributed by atoms with van der Waals surface area (Å²) < 4.78 is 25.9. The molecule has 1 aromatic carbocycles. The summed E-state index contributed by atoms with van der Waals surface area (Å²) in [5.41, 5.74) is 7.79. The van der Waals surface area contributed by atoms with Crippen molar-refractivity contribution in [1.82, 2.24) is 0 Å². The zero-order valence-corrected chi connectivity index (χ0v) is 36.7. The molecule has 0 bridgehead atoms. The highest BCUT2D eigenvalue weighted by Gasteiger charge is 2.44. The van der Waals surface area contributed by atoms with Crippen molar-refractivity contribution in [3.05, 3.63) is 59.4 Å². The highest BCUT2D eigenvalue weighted by atomic mass is 28.4. The minimum Gasteiger partial charge on any atom is -0.486 e. The Balaban J connectivity index is 3.49. The molecule has 0 radical (unpaired) electrons. The largest absolute Gasteiger partial charge is 0.486 e. The predicted octanol–water partition coefficient (Wildman–Crippen LogP) is 11.1. The summed E-state index contributed by atoms with van der Waals surface area (Å²) in [6, 6.07) is 9.87.